The largest absolute Gasteiger partial charge is 0.503 e. The molecule has 3 aromatic carbocycles. The number of ether oxygens (including phenoxy) is 1. The third-order valence-electron chi connectivity index (χ3n) is 4.49. The maximum absolute atomic E-state index is 13.0. The van der Waals surface area contributed by atoms with Crippen LogP contribution in [0.25, 0.3) is 0 Å². The van der Waals surface area contributed by atoms with Crippen LogP contribution >= 0.6 is 15.9 Å². The summed E-state index contributed by atoms with van der Waals surface area (Å²) in [5, 5.41) is 17.3. The van der Waals surface area contributed by atoms with Crippen LogP contribution in [-0.2, 0) is 0 Å². The summed E-state index contributed by atoms with van der Waals surface area (Å²) in [6, 6.07) is 5.07. The van der Waals surface area contributed by atoms with Gasteiger partial charge < -0.3 is 14.9 Å². The minimum atomic E-state index is -1.13. The van der Waals surface area contributed by atoms with Gasteiger partial charge in [0.25, 0.3) is 0 Å². The third-order valence-corrected chi connectivity index (χ3v) is 5.00. The Morgan fingerprint density at radius 2 is 0.947 bits per heavy atom. The normalized spacial score (nSPS) is 9.95. The van der Waals surface area contributed by atoms with Crippen LogP contribution in [0.4, 0.5) is 26.3 Å². The molecule has 0 fully saturated rings. The number of hydrogen-bond acceptors (Lipinski definition) is 6. The molecule has 0 spiro atoms. The van der Waals surface area contributed by atoms with Gasteiger partial charge in [-0.25, -0.2) is 26.3 Å². The fourth-order valence-electron chi connectivity index (χ4n) is 2.53. The van der Waals surface area contributed by atoms with E-state index in [1.54, 1.807) is 0 Å². The number of halogens is 7. The molecule has 0 bridgehead atoms. The minimum absolute atomic E-state index is 0.00389. The van der Waals surface area contributed by atoms with Crippen molar-refractivity contribution in [1.82, 2.24) is 0 Å². The van der Waals surface area contributed by atoms with Crippen LogP contribution in [0.15, 0.2) is 36.4 Å². The molecule has 0 heterocycles. The van der Waals surface area contributed by atoms with Gasteiger partial charge in [0.05, 0.1) is 12.4 Å². The summed E-state index contributed by atoms with van der Waals surface area (Å²) in [4.78, 5) is 32.4. The summed E-state index contributed by atoms with van der Waals surface area (Å²) in [7, 11) is 1.16. The molecule has 38 heavy (non-hydrogen) atoms. The molecule has 0 aliphatic carbocycles. The van der Waals surface area contributed by atoms with E-state index in [2.05, 4.69) is 20.7 Å². The second kappa shape index (κ2) is 14.2. The molecular formula is C25H19BrF6O6. The molecule has 204 valence electrons. The first-order chi connectivity index (χ1) is 17.6. The van der Waals surface area contributed by atoms with Crippen LogP contribution in [0, 0.1) is 34.9 Å². The van der Waals surface area contributed by atoms with Gasteiger partial charge in [0, 0.05) is 16.7 Å². The topological polar surface area (TPSA) is 101 Å². The molecule has 0 atom stereocenters. The zero-order chi connectivity index (χ0) is 29.3. The van der Waals surface area contributed by atoms with E-state index >= 15 is 0 Å². The standard InChI is InChI=1S/C9H8F2O2.C8H5BrF2O2.C8H6F2O2/c1-5(12)6-3-7(10)9(13-2)8(11)4-6;9-3-7(12)4-1-5(10)8(13)6(11)2-4;1-4(11)5-2-6(9)8(12)7(10)3-5/h3-4H,1-2H3;1-2,13H,3H2;2-3,12H,1H3. The van der Waals surface area contributed by atoms with E-state index in [0.717, 1.165) is 43.5 Å². The molecule has 0 saturated heterocycles. The molecule has 0 aliphatic heterocycles. The lowest BCUT2D eigenvalue weighted by Gasteiger charge is -2.04. The number of methoxy groups -OCH3 is 1. The number of alkyl halides is 1. The van der Waals surface area contributed by atoms with Gasteiger partial charge in [0.2, 0.25) is 0 Å². The zero-order valence-electron chi connectivity index (χ0n) is 19.8. The van der Waals surface area contributed by atoms with Crippen LogP contribution in [0.5, 0.6) is 17.2 Å². The van der Waals surface area contributed by atoms with E-state index in [0.29, 0.717) is 0 Å². The highest BCUT2D eigenvalue weighted by atomic mass is 79.9. The molecule has 0 unspecified atom stereocenters. The lowest BCUT2D eigenvalue weighted by Crippen LogP contribution is -2.01. The molecule has 6 nitrogen and oxygen atoms in total. The fraction of sp³-hybridized carbons (Fsp3) is 0.160. The van der Waals surface area contributed by atoms with Crippen molar-refractivity contribution in [2.75, 3.05) is 12.4 Å². The van der Waals surface area contributed by atoms with Crippen molar-refractivity contribution < 1.29 is 55.7 Å². The summed E-state index contributed by atoms with van der Waals surface area (Å²) < 4.78 is 80.8. The average molecular weight is 609 g/mol. The van der Waals surface area contributed by atoms with E-state index in [9.17, 15) is 40.7 Å². The third kappa shape index (κ3) is 8.61. The van der Waals surface area contributed by atoms with Crippen molar-refractivity contribution in [2.45, 2.75) is 13.8 Å². The Bertz CT molecular complexity index is 1290. The van der Waals surface area contributed by atoms with Crippen LogP contribution in [0.1, 0.15) is 44.9 Å². The van der Waals surface area contributed by atoms with E-state index in [4.69, 9.17) is 10.2 Å². The number of phenolic OH excluding ortho intramolecular Hbond substituents is 2. The molecule has 13 heteroatoms. The number of hydrogen-bond donors (Lipinski definition) is 2. The summed E-state index contributed by atoms with van der Waals surface area (Å²) in [5.41, 5.74) is -0.205. The Morgan fingerprint density at radius 1 is 0.658 bits per heavy atom. The first kappa shape index (κ1) is 32.2. The van der Waals surface area contributed by atoms with Gasteiger partial charge in [-0.2, -0.15) is 0 Å². The highest BCUT2D eigenvalue weighted by molar-refractivity contribution is 9.09. The first-order valence-corrected chi connectivity index (χ1v) is 11.3. The quantitative estimate of drug-likeness (QED) is 0.200. The number of carbonyl (C=O) groups excluding carboxylic acids is 3. The van der Waals surface area contributed by atoms with Gasteiger partial charge in [0.15, 0.2) is 69.5 Å². The van der Waals surface area contributed by atoms with Crippen molar-refractivity contribution in [3.63, 3.8) is 0 Å². The van der Waals surface area contributed by atoms with Crippen molar-refractivity contribution in [3.05, 3.63) is 88.0 Å². The number of aromatic hydroxyl groups is 2. The number of ketones is 3. The molecule has 0 radical (unpaired) electrons. The molecule has 3 aromatic rings. The van der Waals surface area contributed by atoms with Crippen LogP contribution in [-0.4, -0.2) is 40.0 Å². The lowest BCUT2D eigenvalue weighted by molar-refractivity contribution is 0.100. The zero-order valence-corrected chi connectivity index (χ0v) is 21.4. The number of carbonyl (C=O) groups is 3. The van der Waals surface area contributed by atoms with Crippen LogP contribution in [0.3, 0.4) is 0 Å². The highest BCUT2D eigenvalue weighted by Gasteiger charge is 2.14. The Balaban J connectivity index is 0.000000285. The Labute approximate surface area is 220 Å². The van der Waals surface area contributed by atoms with E-state index in [1.807, 2.05) is 0 Å². The Hall–Kier alpha value is -3.87. The monoisotopic (exact) mass is 608 g/mol. The second-order valence-electron chi connectivity index (χ2n) is 7.22. The number of rotatable bonds is 5. The summed E-state index contributed by atoms with van der Waals surface area (Å²) in [6.07, 6.45) is 0. The highest BCUT2D eigenvalue weighted by Crippen LogP contribution is 2.24. The van der Waals surface area contributed by atoms with Gasteiger partial charge in [-0.15, -0.1) is 0 Å². The molecule has 0 amide bonds. The maximum Gasteiger partial charge on any atom is 0.190 e. The summed E-state index contributed by atoms with van der Waals surface area (Å²) >= 11 is 2.86. The predicted octanol–water partition coefficient (Wildman–Crippen LogP) is 6.30. The van der Waals surface area contributed by atoms with Gasteiger partial charge in [-0.05, 0) is 50.2 Å². The molecule has 2 N–H and O–H groups in total. The lowest BCUT2D eigenvalue weighted by atomic mass is 10.1. The van der Waals surface area contributed by atoms with Gasteiger partial charge >= 0.3 is 0 Å². The molecule has 3 rings (SSSR count). The van der Waals surface area contributed by atoms with E-state index in [-0.39, 0.29) is 27.8 Å². The predicted molar refractivity (Wildman–Crippen MR) is 127 cm³/mol. The minimum Gasteiger partial charge on any atom is -0.503 e. The molecule has 0 saturated carbocycles. The number of Topliss-reactive ketones (excluding diaryl/α,β-unsaturated/α-hetero) is 3. The fourth-order valence-corrected chi connectivity index (χ4v) is 2.85. The summed E-state index contributed by atoms with van der Waals surface area (Å²) in [5.74, 6) is -10.1. The Morgan fingerprint density at radius 3 is 1.21 bits per heavy atom. The number of benzene rings is 3. The van der Waals surface area contributed by atoms with Gasteiger partial charge in [0.1, 0.15) is 0 Å². The molecule has 0 aliphatic rings. The van der Waals surface area contributed by atoms with Crippen molar-refractivity contribution >= 4 is 33.3 Å². The SMILES string of the molecule is CC(=O)c1cc(F)c(O)c(F)c1.COc1c(F)cc(C(C)=O)cc1F.O=C(CBr)c1cc(F)c(O)c(F)c1. The molecular weight excluding hydrogens is 590 g/mol. The molecule has 0 aromatic heterocycles. The van der Waals surface area contributed by atoms with Crippen LogP contribution in [0.2, 0.25) is 0 Å². The Kier molecular flexibility index (Phi) is 12.0. The van der Waals surface area contributed by atoms with E-state index in [1.165, 1.54) is 13.8 Å². The average Bonchev–Trinajstić information content (AvgIpc) is 2.85. The first-order valence-electron chi connectivity index (χ1n) is 10.1. The smallest absolute Gasteiger partial charge is 0.190 e. The van der Waals surface area contributed by atoms with Crippen molar-refractivity contribution in [3.8, 4) is 17.2 Å². The maximum atomic E-state index is 13.0. The second-order valence-corrected chi connectivity index (χ2v) is 7.78. The van der Waals surface area contributed by atoms with Crippen molar-refractivity contribution in [1.29, 1.82) is 0 Å². The van der Waals surface area contributed by atoms with E-state index < -0.39 is 63.7 Å². The van der Waals surface area contributed by atoms with Gasteiger partial charge in [-0.3, -0.25) is 14.4 Å². The van der Waals surface area contributed by atoms with Crippen molar-refractivity contribution in [2.24, 2.45) is 0 Å². The van der Waals surface area contributed by atoms with Gasteiger partial charge in [-0.1, -0.05) is 15.9 Å². The summed E-state index contributed by atoms with van der Waals surface area (Å²) in [6.45, 7) is 2.42. The van der Waals surface area contributed by atoms with Crippen LogP contribution < -0.4 is 4.74 Å². The number of phenols is 2.